The summed E-state index contributed by atoms with van der Waals surface area (Å²) in [6, 6.07) is 9.04. The van der Waals surface area contributed by atoms with Crippen LogP contribution in [0.25, 0.3) is 32.2 Å². The summed E-state index contributed by atoms with van der Waals surface area (Å²) in [6.07, 6.45) is 1.98. The molecule has 4 aromatic heterocycles. The lowest BCUT2D eigenvalue weighted by Crippen LogP contribution is -2.27. The van der Waals surface area contributed by atoms with Crippen LogP contribution in [0, 0.1) is 18.3 Å². The molecule has 0 radical (unpaired) electrons. The molecule has 0 amide bonds. The molecule has 0 aliphatic heterocycles. The number of nitrogens with zero attached hydrogens (tertiary/aromatic N) is 5. The van der Waals surface area contributed by atoms with E-state index in [-0.39, 0.29) is 35.5 Å². The zero-order valence-corrected chi connectivity index (χ0v) is 22.4. The van der Waals surface area contributed by atoms with Crippen molar-refractivity contribution >= 4 is 55.8 Å². The number of rotatable bonds is 7. The van der Waals surface area contributed by atoms with Crippen LogP contribution >= 0.6 is 22.9 Å². The van der Waals surface area contributed by atoms with Crippen LogP contribution in [0.15, 0.2) is 40.6 Å². The van der Waals surface area contributed by atoms with Gasteiger partial charge in [-0.3, -0.25) is 14.3 Å². The van der Waals surface area contributed by atoms with Crippen LogP contribution in [0.2, 0.25) is 5.02 Å². The van der Waals surface area contributed by atoms with Crippen molar-refractivity contribution in [1.82, 2.24) is 19.5 Å². The number of thiophene rings is 1. The third kappa shape index (κ3) is 4.65. The lowest BCUT2D eigenvalue weighted by molar-refractivity contribution is 0.0699. The Morgan fingerprint density at radius 2 is 2.08 bits per heavy atom. The molecule has 5 aromatic rings. The van der Waals surface area contributed by atoms with Crippen LogP contribution in [0.1, 0.15) is 34.4 Å². The Labute approximate surface area is 230 Å². The van der Waals surface area contributed by atoms with Crippen molar-refractivity contribution in [2.24, 2.45) is 0 Å². The number of nitrogens with two attached hydrogens (primary N) is 1. The molecule has 39 heavy (non-hydrogen) atoms. The quantitative estimate of drug-likeness (QED) is 0.284. The van der Waals surface area contributed by atoms with E-state index in [1.54, 1.807) is 30.5 Å². The molecule has 10 nitrogen and oxygen atoms in total. The van der Waals surface area contributed by atoms with Crippen LogP contribution < -0.4 is 16.0 Å². The molecule has 0 spiro atoms. The van der Waals surface area contributed by atoms with Gasteiger partial charge in [0.15, 0.2) is 0 Å². The molecule has 0 saturated heterocycles. The molecule has 3 N–H and O–H groups in total. The maximum Gasteiger partial charge on any atom is 0.338 e. The highest BCUT2D eigenvalue weighted by atomic mass is 35.5. The van der Waals surface area contributed by atoms with Crippen LogP contribution in [0.3, 0.4) is 0 Å². The second kappa shape index (κ2) is 10.3. The van der Waals surface area contributed by atoms with E-state index in [1.807, 2.05) is 19.1 Å². The van der Waals surface area contributed by atoms with E-state index < -0.39 is 11.5 Å². The van der Waals surface area contributed by atoms with Crippen molar-refractivity contribution in [1.29, 1.82) is 5.26 Å². The van der Waals surface area contributed by atoms with Gasteiger partial charge < -0.3 is 15.6 Å². The summed E-state index contributed by atoms with van der Waals surface area (Å²) >= 11 is 7.65. The number of fused-ring (bicyclic) bond motifs is 2. The molecule has 5 rings (SSSR count). The molecule has 196 valence electrons. The number of halogens is 1. The Balaban J connectivity index is 1.53. The standard InChI is InChI=1S/C27H21ClN6O4S/c1-3-15-9-17(24-23(33-15)19(12-39-24)27(36)37)16-8-14(28)4-5-21(16)38-7-6-34-13(2)32-20-11-31-25(30)18(10-29)22(20)26(34)35/h4-5,8-9,11-12H,3,6-7H2,1-2H3,(H2,30,31)(H,36,37). The fourth-order valence-electron chi connectivity index (χ4n) is 4.39. The first-order valence-corrected chi connectivity index (χ1v) is 13.1. The summed E-state index contributed by atoms with van der Waals surface area (Å²) in [6.45, 7) is 3.88. The van der Waals surface area contributed by atoms with E-state index in [2.05, 4.69) is 15.0 Å². The number of nitriles is 1. The smallest absolute Gasteiger partial charge is 0.338 e. The van der Waals surface area contributed by atoms with Gasteiger partial charge in [0, 0.05) is 27.2 Å². The molecule has 0 atom stereocenters. The first-order chi connectivity index (χ1) is 18.7. The average Bonchev–Trinajstić information content (AvgIpc) is 3.35. The molecule has 0 saturated carbocycles. The number of aromatic carboxylic acids is 1. The first-order valence-electron chi connectivity index (χ1n) is 11.9. The molecule has 0 bridgehead atoms. The summed E-state index contributed by atoms with van der Waals surface area (Å²) in [5, 5.41) is 21.3. The zero-order chi connectivity index (χ0) is 27.8. The molecule has 0 unspecified atom stereocenters. The summed E-state index contributed by atoms with van der Waals surface area (Å²) < 4.78 is 8.28. The number of carbonyl (C=O) groups is 1. The highest BCUT2D eigenvalue weighted by Crippen LogP contribution is 2.40. The molecular weight excluding hydrogens is 540 g/mol. The topological polar surface area (TPSA) is 157 Å². The monoisotopic (exact) mass is 560 g/mol. The van der Waals surface area contributed by atoms with Crippen molar-refractivity contribution in [3.8, 4) is 22.9 Å². The number of pyridine rings is 2. The number of benzene rings is 1. The summed E-state index contributed by atoms with van der Waals surface area (Å²) in [7, 11) is 0. The van der Waals surface area contributed by atoms with Crippen molar-refractivity contribution < 1.29 is 14.6 Å². The number of anilines is 1. The molecule has 1 aromatic carbocycles. The van der Waals surface area contributed by atoms with E-state index in [1.165, 1.54) is 22.1 Å². The minimum Gasteiger partial charge on any atom is -0.491 e. The third-order valence-corrected chi connectivity index (χ3v) is 7.54. The number of carboxylic acids is 1. The maximum atomic E-state index is 13.3. The zero-order valence-electron chi connectivity index (χ0n) is 20.9. The minimum absolute atomic E-state index is 0.00948. The lowest BCUT2D eigenvalue weighted by Gasteiger charge is -2.16. The minimum atomic E-state index is -1.04. The summed E-state index contributed by atoms with van der Waals surface area (Å²) in [5.74, 6) is -0.135. The van der Waals surface area contributed by atoms with Crippen LogP contribution in [0.4, 0.5) is 5.82 Å². The second-order valence-electron chi connectivity index (χ2n) is 8.64. The van der Waals surface area contributed by atoms with Crippen molar-refractivity contribution in [3.05, 3.63) is 73.9 Å². The SMILES string of the molecule is CCc1cc(-c2cc(Cl)ccc2OCCn2c(C)nc3cnc(N)c(C#N)c3c2=O)c2scc(C(=O)O)c2n1. The fraction of sp³-hybridized carbons (Fsp3) is 0.185. The average molecular weight is 561 g/mol. The van der Waals surface area contributed by atoms with Crippen molar-refractivity contribution in [3.63, 3.8) is 0 Å². The van der Waals surface area contributed by atoms with E-state index >= 15 is 0 Å². The number of ether oxygens (including phenoxy) is 1. The Bertz CT molecular complexity index is 1890. The Morgan fingerprint density at radius 3 is 2.79 bits per heavy atom. The Hall–Kier alpha value is -4.53. The number of hydrogen-bond donors (Lipinski definition) is 2. The van der Waals surface area contributed by atoms with E-state index in [9.17, 15) is 20.0 Å². The number of carboxylic acid groups (broad SMARTS) is 1. The van der Waals surface area contributed by atoms with Gasteiger partial charge in [0.2, 0.25) is 0 Å². The lowest BCUT2D eigenvalue weighted by atomic mass is 10.0. The summed E-state index contributed by atoms with van der Waals surface area (Å²) in [5.41, 5.74) is 8.41. The van der Waals surface area contributed by atoms with Crippen LogP contribution in [-0.4, -0.2) is 37.2 Å². The predicted molar refractivity (Wildman–Crippen MR) is 150 cm³/mol. The number of nitrogen functional groups attached to an aromatic ring is 1. The van der Waals surface area contributed by atoms with Gasteiger partial charge in [0.25, 0.3) is 5.56 Å². The van der Waals surface area contributed by atoms with Gasteiger partial charge in [0.05, 0.1) is 39.4 Å². The maximum absolute atomic E-state index is 13.3. The van der Waals surface area contributed by atoms with Gasteiger partial charge in [-0.15, -0.1) is 11.3 Å². The van der Waals surface area contributed by atoms with E-state index in [4.69, 9.17) is 22.1 Å². The second-order valence-corrected chi connectivity index (χ2v) is 9.96. The third-order valence-electron chi connectivity index (χ3n) is 6.30. The Morgan fingerprint density at radius 1 is 1.28 bits per heavy atom. The molecule has 0 fully saturated rings. The van der Waals surface area contributed by atoms with Crippen molar-refractivity contribution in [2.75, 3.05) is 12.3 Å². The largest absolute Gasteiger partial charge is 0.491 e. The van der Waals surface area contributed by atoms with E-state index in [0.29, 0.717) is 44.3 Å². The highest BCUT2D eigenvalue weighted by Gasteiger charge is 2.20. The molecule has 4 heterocycles. The van der Waals surface area contributed by atoms with Gasteiger partial charge in [-0.1, -0.05) is 18.5 Å². The first kappa shape index (κ1) is 26.1. The van der Waals surface area contributed by atoms with Gasteiger partial charge >= 0.3 is 5.97 Å². The summed E-state index contributed by atoms with van der Waals surface area (Å²) in [4.78, 5) is 38.0. The number of hydrogen-bond acceptors (Lipinski definition) is 9. The normalized spacial score (nSPS) is 11.1. The Kier molecular flexibility index (Phi) is 6.91. The van der Waals surface area contributed by atoms with Gasteiger partial charge in [-0.25, -0.2) is 14.8 Å². The van der Waals surface area contributed by atoms with Gasteiger partial charge in [-0.2, -0.15) is 5.26 Å². The molecule has 0 aliphatic carbocycles. The van der Waals surface area contributed by atoms with Crippen molar-refractivity contribution in [2.45, 2.75) is 26.8 Å². The number of aryl methyl sites for hydroxylation is 2. The van der Waals surface area contributed by atoms with Crippen LogP contribution in [0.5, 0.6) is 5.75 Å². The predicted octanol–water partition coefficient (Wildman–Crippen LogP) is 4.82. The molecule has 12 heteroatoms. The van der Waals surface area contributed by atoms with E-state index in [0.717, 1.165) is 11.3 Å². The van der Waals surface area contributed by atoms with Gasteiger partial charge in [-0.05, 0) is 37.6 Å². The fourth-order valence-corrected chi connectivity index (χ4v) is 5.57. The molecular formula is C27H21ClN6O4S. The molecule has 0 aliphatic rings. The van der Waals surface area contributed by atoms with Crippen LogP contribution in [-0.2, 0) is 13.0 Å². The number of aromatic nitrogens is 4. The highest BCUT2D eigenvalue weighted by molar-refractivity contribution is 7.18. The van der Waals surface area contributed by atoms with Gasteiger partial charge in [0.1, 0.15) is 35.6 Å².